The number of nitrogens with two attached hydrogens (primary N) is 1. The Morgan fingerprint density at radius 2 is 1.83 bits per heavy atom. The van der Waals surface area contributed by atoms with Crippen molar-refractivity contribution in [3.05, 3.63) is 63.9 Å². The van der Waals surface area contributed by atoms with Gasteiger partial charge in [0.15, 0.2) is 5.78 Å². The van der Waals surface area contributed by atoms with E-state index in [2.05, 4.69) is 0 Å². The fourth-order valence-corrected chi connectivity index (χ4v) is 1.86. The van der Waals surface area contributed by atoms with Gasteiger partial charge in [-0.1, -0.05) is 11.6 Å². The molecular weight excluding hydrogens is 253 g/mol. The van der Waals surface area contributed by atoms with Crippen LogP contribution in [0.2, 0.25) is 5.02 Å². The van der Waals surface area contributed by atoms with Gasteiger partial charge in [0.05, 0.1) is 5.02 Å². The Labute approximate surface area is 109 Å². The molecule has 0 saturated carbocycles. The zero-order chi connectivity index (χ0) is 13.3. The standard InChI is InChI=1S/C14H11ClFNO/c1-8-6-11(12(15)7-13(8)16)14(18)9-2-4-10(17)5-3-9/h2-7H,17H2,1H3. The smallest absolute Gasteiger partial charge is 0.194 e. The highest BCUT2D eigenvalue weighted by Gasteiger charge is 2.14. The average Bonchev–Trinajstić information content (AvgIpc) is 2.34. The van der Waals surface area contributed by atoms with Crippen LogP contribution in [0.25, 0.3) is 0 Å². The number of ketones is 1. The van der Waals surface area contributed by atoms with E-state index in [1.165, 1.54) is 6.07 Å². The number of anilines is 1. The highest BCUT2D eigenvalue weighted by molar-refractivity contribution is 6.35. The normalized spacial score (nSPS) is 10.4. The van der Waals surface area contributed by atoms with Gasteiger partial charge in [0.25, 0.3) is 0 Å². The summed E-state index contributed by atoms with van der Waals surface area (Å²) in [5.41, 5.74) is 7.28. The molecule has 18 heavy (non-hydrogen) atoms. The number of benzene rings is 2. The van der Waals surface area contributed by atoms with E-state index < -0.39 is 5.82 Å². The van der Waals surface area contributed by atoms with E-state index in [0.29, 0.717) is 22.4 Å². The first-order valence-electron chi connectivity index (χ1n) is 5.35. The van der Waals surface area contributed by atoms with Crippen LogP contribution in [0.5, 0.6) is 0 Å². The van der Waals surface area contributed by atoms with E-state index in [1.54, 1.807) is 31.2 Å². The van der Waals surface area contributed by atoms with Crippen molar-refractivity contribution in [1.82, 2.24) is 0 Å². The van der Waals surface area contributed by atoms with Gasteiger partial charge in [0.2, 0.25) is 0 Å². The number of nitrogen functional groups attached to an aromatic ring is 1. The molecule has 0 atom stereocenters. The molecule has 2 aromatic carbocycles. The van der Waals surface area contributed by atoms with Crippen molar-refractivity contribution in [1.29, 1.82) is 0 Å². The van der Waals surface area contributed by atoms with Crippen molar-refractivity contribution < 1.29 is 9.18 Å². The minimum absolute atomic E-state index is 0.111. The molecule has 0 aliphatic carbocycles. The summed E-state index contributed by atoms with van der Waals surface area (Å²) < 4.78 is 13.3. The van der Waals surface area contributed by atoms with Crippen molar-refractivity contribution in [2.45, 2.75) is 6.92 Å². The third-order valence-electron chi connectivity index (χ3n) is 2.67. The second kappa shape index (κ2) is 4.78. The summed E-state index contributed by atoms with van der Waals surface area (Å²) in [5, 5.41) is 0.111. The van der Waals surface area contributed by atoms with E-state index in [4.69, 9.17) is 17.3 Å². The Bertz CT molecular complexity index is 608. The Morgan fingerprint density at radius 1 is 1.22 bits per heavy atom. The lowest BCUT2D eigenvalue weighted by Gasteiger charge is -2.06. The number of rotatable bonds is 2. The monoisotopic (exact) mass is 263 g/mol. The van der Waals surface area contributed by atoms with Crippen molar-refractivity contribution in [2.75, 3.05) is 5.73 Å². The van der Waals surface area contributed by atoms with Crippen molar-refractivity contribution in [3.63, 3.8) is 0 Å². The summed E-state index contributed by atoms with van der Waals surface area (Å²) in [6.45, 7) is 1.59. The van der Waals surface area contributed by atoms with Crippen molar-refractivity contribution >= 4 is 23.1 Å². The van der Waals surface area contributed by atoms with Crippen LogP contribution in [0.15, 0.2) is 36.4 Å². The van der Waals surface area contributed by atoms with E-state index in [1.807, 2.05) is 0 Å². The maximum absolute atomic E-state index is 13.3. The van der Waals surface area contributed by atoms with E-state index in [0.717, 1.165) is 6.07 Å². The zero-order valence-corrected chi connectivity index (χ0v) is 10.5. The second-order valence-electron chi connectivity index (χ2n) is 4.03. The Morgan fingerprint density at radius 3 is 2.44 bits per heavy atom. The molecule has 0 amide bonds. The molecule has 0 unspecified atom stereocenters. The van der Waals surface area contributed by atoms with E-state index in [-0.39, 0.29) is 10.8 Å². The van der Waals surface area contributed by atoms with E-state index in [9.17, 15) is 9.18 Å². The number of hydrogen-bond donors (Lipinski definition) is 1. The molecule has 4 heteroatoms. The second-order valence-corrected chi connectivity index (χ2v) is 4.44. The van der Waals surface area contributed by atoms with Gasteiger partial charge in [0.1, 0.15) is 5.82 Å². The molecule has 92 valence electrons. The van der Waals surface area contributed by atoms with Crippen molar-refractivity contribution in [3.8, 4) is 0 Å². The van der Waals surface area contributed by atoms with Gasteiger partial charge < -0.3 is 5.73 Å². The highest BCUT2D eigenvalue weighted by atomic mass is 35.5. The summed E-state index contributed by atoms with van der Waals surface area (Å²) in [7, 11) is 0. The van der Waals surface area contributed by atoms with Gasteiger partial charge >= 0.3 is 0 Å². The van der Waals surface area contributed by atoms with Crippen LogP contribution in [0.3, 0.4) is 0 Å². The van der Waals surface area contributed by atoms with Gasteiger partial charge in [-0.05, 0) is 48.9 Å². The Kier molecular flexibility index (Phi) is 3.34. The first-order chi connectivity index (χ1) is 8.49. The molecule has 0 aromatic heterocycles. The molecule has 2 aromatic rings. The quantitative estimate of drug-likeness (QED) is 0.664. The number of carbonyl (C=O) groups excluding carboxylic acids is 1. The van der Waals surface area contributed by atoms with Crippen LogP contribution >= 0.6 is 11.6 Å². The third kappa shape index (κ3) is 2.36. The molecular formula is C14H11ClFNO. The van der Waals surface area contributed by atoms with Crippen LogP contribution in [-0.4, -0.2) is 5.78 Å². The maximum atomic E-state index is 13.3. The predicted molar refractivity (Wildman–Crippen MR) is 70.4 cm³/mol. The number of carbonyl (C=O) groups is 1. The topological polar surface area (TPSA) is 43.1 Å². The van der Waals surface area contributed by atoms with Gasteiger partial charge in [-0.25, -0.2) is 4.39 Å². The molecule has 0 fully saturated rings. The van der Waals surface area contributed by atoms with Gasteiger partial charge in [-0.15, -0.1) is 0 Å². The van der Waals surface area contributed by atoms with Crippen LogP contribution in [-0.2, 0) is 0 Å². The maximum Gasteiger partial charge on any atom is 0.194 e. The lowest BCUT2D eigenvalue weighted by atomic mass is 10.0. The summed E-state index contributed by atoms with van der Waals surface area (Å²) in [6, 6.07) is 9.12. The molecule has 0 bridgehead atoms. The molecule has 0 aliphatic rings. The SMILES string of the molecule is Cc1cc(C(=O)c2ccc(N)cc2)c(Cl)cc1F. The molecule has 0 heterocycles. The fraction of sp³-hybridized carbons (Fsp3) is 0.0714. The fourth-order valence-electron chi connectivity index (χ4n) is 1.62. The summed E-state index contributed by atoms with van der Waals surface area (Å²) in [4.78, 5) is 12.2. The molecule has 2 rings (SSSR count). The van der Waals surface area contributed by atoms with Crippen LogP contribution in [0.1, 0.15) is 21.5 Å². The number of aryl methyl sites for hydroxylation is 1. The summed E-state index contributed by atoms with van der Waals surface area (Å²) >= 11 is 5.89. The largest absolute Gasteiger partial charge is 0.399 e. The average molecular weight is 264 g/mol. The minimum atomic E-state index is -0.422. The summed E-state index contributed by atoms with van der Waals surface area (Å²) in [6.07, 6.45) is 0. The Hall–Kier alpha value is -1.87. The molecule has 2 nitrogen and oxygen atoms in total. The number of halogens is 2. The summed E-state index contributed by atoms with van der Waals surface area (Å²) in [5.74, 6) is -0.669. The van der Waals surface area contributed by atoms with Gasteiger partial charge in [-0.3, -0.25) is 4.79 Å². The minimum Gasteiger partial charge on any atom is -0.399 e. The van der Waals surface area contributed by atoms with Gasteiger partial charge in [0, 0.05) is 16.8 Å². The Balaban J connectivity index is 2.46. The van der Waals surface area contributed by atoms with Crippen LogP contribution in [0.4, 0.5) is 10.1 Å². The molecule has 0 radical (unpaired) electrons. The van der Waals surface area contributed by atoms with Crippen molar-refractivity contribution in [2.24, 2.45) is 0 Å². The van der Waals surface area contributed by atoms with E-state index >= 15 is 0 Å². The third-order valence-corrected chi connectivity index (χ3v) is 2.98. The highest BCUT2D eigenvalue weighted by Crippen LogP contribution is 2.23. The van der Waals surface area contributed by atoms with Crippen LogP contribution in [0, 0.1) is 12.7 Å². The molecule has 0 spiro atoms. The first kappa shape index (κ1) is 12.6. The number of hydrogen-bond acceptors (Lipinski definition) is 2. The lowest BCUT2D eigenvalue weighted by Crippen LogP contribution is -2.03. The molecule has 0 saturated heterocycles. The predicted octanol–water partition coefficient (Wildman–Crippen LogP) is 3.60. The lowest BCUT2D eigenvalue weighted by molar-refractivity contribution is 0.103. The first-order valence-corrected chi connectivity index (χ1v) is 5.72. The zero-order valence-electron chi connectivity index (χ0n) is 9.71. The van der Waals surface area contributed by atoms with Gasteiger partial charge in [-0.2, -0.15) is 0 Å². The molecule has 2 N–H and O–H groups in total. The molecule has 0 aliphatic heterocycles. The van der Waals surface area contributed by atoms with Crippen LogP contribution < -0.4 is 5.73 Å².